The molecule has 0 bridgehead atoms. The van der Waals surface area contributed by atoms with Crippen molar-refractivity contribution in [2.24, 2.45) is 11.7 Å². The van der Waals surface area contributed by atoms with Gasteiger partial charge < -0.3 is 5.73 Å². The number of nitrogens with two attached hydrogens (primary N) is 1. The second-order valence-electron chi connectivity index (χ2n) is 6.50. The van der Waals surface area contributed by atoms with Crippen molar-refractivity contribution in [3.63, 3.8) is 0 Å². The van der Waals surface area contributed by atoms with E-state index < -0.39 is 0 Å². The van der Waals surface area contributed by atoms with E-state index in [1.165, 1.54) is 37.7 Å². The summed E-state index contributed by atoms with van der Waals surface area (Å²) in [5, 5.41) is 0.797. The minimum atomic E-state index is 0.145. The summed E-state index contributed by atoms with van der Waals surface area (Å²) in [6, 6.07) is 8.59. The van der Waals surface area contributed by atoms with Crippen molar-refractivity contribution in [1.82, 2.24) is 4.90 Å². The molecule has 0 aromatic heterocycles. The Morgan fingerprint density at radius 2 is 2.00 bits per heavy atom. The molecule has 1 aliphatic carbocycles. The fourth-order valence-corrected chi connectivity index (χ4v) is 4.23. The summed E-state index contributed by atoms with van der Waals surface area (Å²) in [4.78, 5) is 2.53. The molecule has 3 heteroatoms. The minimum Gasteiger partial charge on any atom is -0.329 e. The van der Waals surface area contributed by atoms with Gasteiger partial charge in [0.05, 0.1) is 0 Å². The van der Waals surface area contributed by atoms with E-state index >= 15 is 0 Å². The Morgan fingerprint density at radius 3 is 2.57 bits per heavy atom. The first-order valence-electron chi connectivity index (χ1n) is 8.23. The molecule has 0 radical (unpaired) electrons. The van der Waals surface area contributed by atoms with Gasteiger partial charge in [0.1, 0.15) is 0 Å². The summed E-state index contributed by atoms with van der Waals surface area (Å²) < 4.78 is 0. The Morgan fingerprint density at radius 1 is 1.33 bits per heavy atom. The van der Waals surface area contributed by atoms with Crippen LogP contribution >= 0.6 is 11.6 Å². The van der Waals surface area contributed by atoms with Crippen LogP contribution < -0.4 is 5.73 Å². The maximum absolute atomic E-state index is 6.28. The highest BCUT2D eigenvalue weighted by Gasteiger charge is 2.43. The molecule has 0 amide bonds. The first kappa shape index (κ1) is 16.8. The third-order valence-electron chi connectivity index (χ3n) is 5.65. The summed E-state index contributed by atoms with van der Waals surface area (Å²) in [5.74, 6) is 0.705. The SMILES string of the molecule is CCC1CCCCC1(CN)N(C)C(C)c1ccc(Cl)cc1. The van der Waals surface area contributed by atoms with Crippen LogP contribution in [-0.4, -0.2) is 24.0 Å². The molecule has 1 saturated carbocycles. The highest BCUT2D eigenvalue weighted by Crippen LogP contribution is 2.42. The fourth-order valence-electron chi connectivity index (χ4n) is 4.11. The van der Waals surface area contributed by atoms with Gasteiger partial charge >= 0.3 is 0 Å². The molecule has 2 nitrogen and oxygen atoms in total. The van der Waals surface area contributed by atoms with Crippen LogP contribution in [0.5, 0.6) is 0 Å². The van der Waals surface area contributed by atoms with E-state index in [1.807, 2.05) is 12.1 Å². The van der Waals surface area contributed by atoms with E-state index in [0.29, 0.717) is 12.0 Å². The zero-order chi connectivity index (χ0) is 15.5. The quantitative estimate of drug-likeness (QED) is 0.859. The topological polar surface area (TPSA) is 29.3 Å². The third kappa shape index (κ3) is 3.28. The van der Waals surface area contributed by atoms with Gasteiger partial charge in [0.25, 0.3) is 0 Å². The van der Waals surface area contributed by atoms with Crippen LogP contribution in [0.25, 0.3) is 0 Å². The van der Waals surface area contributed by atoms with Gasteiger partial charge in [-0.1, -0.05) is 49.9 Å². The number of benzene rings is 1. The maximum Gasteiger partial charge on any atom is 0.0406 e. The third-order valence-corrected chi connectivity index (χ3v) is 5.91. The smallest absolute Gasteiger partial charge is 0.0406 e. The predicted octanol–water partition coefficient (Wildman–Crippen LogP) is 4.63. The number of hydrogen-bond acceptors (Lipinski definition) is 2. The number of hydrogen-bond donors (Lipinski definition) is 1. The van der Waals surface area contributed by atoms with Crippen molar-refractivity contribution >= 4 is 11.6 Å². The molecule has 2 N–H and O–H groups in total. The molecule has 0 heterocycles. The molecule has 0 saturated heterocycles. The Bertz CT molecular complexity index is 445. The lowest BCUT2D eigenvalue weighted by molar-refractivity contribution is -0.00241. The fraction of sp³-hybridized carbons (Fsp3) is 0.667. The Balaban J connectivity index is 2.25. The summed E-state index contributed by atoms with van der Waals surface area (Å²) in [6.07, 6.45) is 6.39. The van der Waals surface area contributed by atoms with Crippen LogP contribution in [0.3, 0.4) is 0 Å². The van der Waals surface area contributed by atoms with Gasteiger partial charge in [-0.15, -0.1) is 0 Å². The van der Waals surface area contributed by atoms with Crippen LogP contribution in [0, 0.1) is 5.92 Å². The molecule has 0 spiro atoms. The standard InChI is InChI=1S/C18H29ClN2/c1-4-16-7-5-6-12-18(16,13-20)21(3)14(2)15-8-10-17(19)11-9-15/h8-11,14,16H,4-7,12-13,20H2,1-3H3. The van der Waals surface area contributed by atoms with Crippen LogP contribution in [0.1, 0.15) is 57.6 Å². The maximum atomic E-state index is 6.28. The summed E-state index contributed by atoms with van der Waals surface area (Å²) in [7, 11) is 2.25. The zero-order valence-electron chi connectivity index (χ0n) is 13.6. The number of nitrogens with zero attached hydrogens (tertiary/aromatic N) is 1. The van der Waals surface area contributed by atoms with Gasteiger partial charge in [-0.05, 0) is 50.4 Å². The van der Waals surface area contributed by atoms with Gasteiger partial charge in [-0.2, -0.15) is 0 Å². The predicted molar refractivity (Wildman–Crippen MR) is 91.7 cm³/mol. The molecule has 1 aliphatic rings. The van der Waals surface area contributed by atoms with Gasteiger partial charge in [0.2, 0.25) is 0 Å². The molecular weight excluding hydrogens is 280 g/mol. The second kappa shape index (κ2) is 7.13. The van der Waals surface area contributed by atoms with Gasteiger partial charge in [0.15, 0.2) is 0 Å². The molecule has 0 aliphatic heterocycles. The van der Waals surface area contributed by atoms with Crippen molar-refractivity contribution in [2.45, 2.75) is 57.5 Å². The number of rotatable bonds is 5. The van der Waals surface area contributed by atoms with Gasteiger partial charge in [-0.3, -0.25) is 4.90 Å². The Labute approximate surface area is 134 Å². The lowest BCUT2D eigenvalue weighted by Crippen LogP contribution is -2.58. The first-order chi connectivity index (χ1) is 10.0. The lowest BCUT2D eigenvalue weighted by Gasteiger charge is -2.52. The number of likely N-dealkylation sites (N-methyl/N-ethyl adjacent to an activating group) is 1. The molecule has 118 valence electrons. The summed E-state index contributed by atoms with van der Waals surface area (Å²) in [5.41, 5.74) is 7.74. The van der Waals surface area contributed by atoms with Crippen LogP contribution in [0.2, 0.25) is 5.02 Å². The van der Waals surface area contributed by atoms with E-state index in [-0.39, 0.29) is 5.54 Å². The molecule has 21 heavy (non-hydrogen) atoms. The van der Waals surface area contributed by atoms with Gasteiger partial charge in [-0.25, -0.2) is 0 Å². The summed E-state index contributed by atoms with van der Waals surface area (Å²) in [6.45, 7) is 5.34. The van der Waals surface area contributed by atoms with E-state index in [0.717, 1.165) is 11.6 Å². The molecule has 1 fully saturated rings. The molecule has 1 aromatic carbocycles. The first-order valence-corrected chi connectivity index (χ1v) is 8.61. The van der Waals surface area contributed by atoms with Gasteiger partial charge in [0, 0.05) is 23.1 Å². The molecular formula is C18H29ClN2. The van der Waals surface area contributed by atoms with E-state index in [2.05, 4.69) is 37.9 Å². The number of halogens is 1. The van der Waals surface area contributed by atoms with Crippen molar-refractivity contribution in [3.8, 4) is 0 Å². The van der Waals surface area contributed by atoms with E-state index in [1.54, 1.807) is 0 Å². The van der Waals surface area contributed by atoms with Crippen molar-refractivity contribution < 1.29 is 0 Å². The normalized spacial score (nSPS) is 27.8. The zero-order valence-corrected chi connectivity index (χ0v) is 14.4. The average molecular weight is 309 g/mol. The van der Waals surface area contributed by atoms with E-state index in [9.17, 15) is 0 Å². The van der Waals surface area contributed by atoms with Crippen molar-refractivity contribution in [3.05, 3.63) is 34.9 Å². The minimum absolute atomic E-state index is 0.145. The van der Waals surface area contributed by atoms with Crippen LogP contribution in [0.4, 0.5) is 0 Å². The van der Waals surface area contributed by atoms with Crippen molar-refractivity contribution in [1.29, 1.82) is 0 Å². The molecule has 1 aromatic rings. The van der Waals surface area contributed by atoms with E-state index in [4.69, 9.17) is 17.3 Å². The Hall–Kier alpha value is -0.570. The lowest BCUT2D eigenvalue weighted by atomic mass is 9.70. The highest BCUT2D eigenvalue weighted by atomic mass is 35.5. The van der Waals surface area contributed by atoms with Crippen LogP contribution in [0.15, 0.2) is 24.3 Å². The second-order valence-corrected chi connectivity index (χ2v) is 6.93. The largest absolute Gasteiger partial charge is 0.329 e. The van der Waals surface area contributed by atoms with Crippen molar-refractivity contribution in [2.75, 3.05) is 13.6 Å². The molecule has 3 unspecified atom stereocenters. The Kier molecular flexibility index (Phi) is 5.70. The highest BCUT2D eigenvalue weighted by molar-refractivity contribution is 6.30. The van der Waals surface area contributed by atoms with Crippen LogP contribution in [-0.2, 0) is 0 Å². The molecule has 3 atom stereocenters. The average Bonchev–Trinajstić information content (AvgIpc) is 2.53. The summed E-state index contributed by atoms with van der Waals surface area (Å²) >= 11 is 6.01. The molecule has 2 rings (SSSR count). The monoisotopic (exact) mass is 308 g/mol.